The van der Waals surface area contributed by atoms with Gasteiger partial charge < -0.3 is 9.64 Å². The van der Waals surface area contributed by atoms with Gasteiger partial charge in [-0.1, -0.05) is 6.42 Å². The van der Waals surface area contributed by atoms with Crippen molar-refractivity contribution in [3.05, 3.63) is 0 Å². The maximum Gasteiger partial charge on any atom is 0.228 e. The molecule has 0 N–H and O–H groups in total. The third-order valence-corrected chi connectivity index (χ3v) is 3.46. The zero-order chi connectivity index (χ0) is 12.0. The number of carbonyl (C=O) groups excluding carboxylic acids is 1. The lowest BCUT2D eigenvalue weighted by Crippen LogP contribution is -2.36. The average Bonchev–Trinajstić information content (AvgIpc) is 2.69. The second-order valence-corrected chi connectivity index (χ2v) is 4.86. The molecule has 1 aliphatic heterocycles. The minimum Gasteiger partial charge on any atom is -0.378 e. The van der Waals surface area contributed by atoms with Crippen LogP contribution >= 0.6 is 11.6 Å². The van der Waals surface area contributed by atoms with Crippen LogP contribution in [-0.4, -0.2) is 43.0 Å². The molecular formula is C12H22ClNO2. The minimum atomic E-state index is 0.0676. The van der Waals surface area contributed by atoms with E-state index in [0.717, 1.165) is 38.8 Å². The Bertz CT molecular complexity index is 223. The number of carbonyl (C=O) groups is 1. The largest absolute Gasteiger partial charge is 0.378 e. The second-order valence-electron chi connectivity index (χ2n) is 4.48. The topological polar surface area (TPSA) is 29.5 Å². The van der Waals surface area contributed by atoms with Crippen LogP contribution in [0.15, 0.2) is 0 Å². The smallest absolute Gasteiger partial charge is 0.228 e. The van der Waals surface area contributed by atoms with E-state index in [4.69, 9.17) is 16.3 Å². The van der Waals surface area contributed by atoms with Gasteiger partial charge >= 0.3 is 0 Å². The predicted octanol–water partition coefficient (Wildman–Crippen LogP) is 2.28. The zero-order valence-corrected chi connectivity index (χ0v) is 11.0. The van der Waals surface area contributed by atoms with Crippen LogP contribution < -0.4 is 0 Å². The Morgan fingerprint density at radius 3 is 2.75 bits per heavy atom. The van der Waals surface area contributed by atoms with Gasteiger partial charge in [0, 0.05) is 26.1 Å². The van der Waals surface area contributed by atoms with Gasteiger partial charge in [-0.15, -0.1) is 11.6 Å². The van der Waals surface area contributed by atoms with Crippen molar-refractivity contribution in [3.8, 4) is 0 Å². The average molecular weight is 248 g/mol. The number of alkyl halides is 1. The lowest BCUT2D eigenvalue weighted by Gasteiger charge is -2.22. The second kappa shape index (κ2) is 7.13. The third kappa shape index (κ3) is 3.95. The van der Waals surface area contributed by atoms with Crippen LogP contribution in [0.1, 0.15) is 32.6 Å². The maximum atomic E-state index is 12.0. The summed E-state index contributed by atoms with van der Waals surface area (Å²) in [5.41, 5.74) is 0. The Labute approximate surface area is 103 Å². The van der Waals surface area contributed by atoms with Crippen molar-refractivity contribution in [2.24, 2.45) is 5.92 Å². The number of amides is 1. The van der Waals surface area contributed by atoms with E-state index >= 15 is 0 Å². The fourth-order valence-corrected chi connectivity index (χ4v) is 2.26. The number of rotatable bonds is 6. The molecule has 2 atom stereocenters. The highest BCUT2D eigenvalue weighted by molar-refractivity contribution is 6.17. The fourth-order valence-electron chi connectivity index (χ4n) is 2.07. The van der Waals surface area contributed by atoms with Gasteiger partial charge in [-0.3, -0.25) is 4.79 Å². The van der Waals surface area contributed by atoms with Crippen molar-refractivity contribution in [1.29, 1.82) is 0 Å². The first kappa shape index (κ1) is 13.8. The van der Waals surface area contributed by atoms with Crippen LogP contribution in [0.25, 0.3) is 0 Å². The maximum absolute atomic E-state index is 12.0. The van der Waals surface area contributed by atoms with Crippen molar-refractivity contribution in [1.82, 2.24) is 4.90 Å². The molecule has 0 aliphatic carbocycles. The lowest BCUT2D eigenvalue weighted by atomic mass is 10.0. The van der Waals surface area contributed by atoms with Crippen molar-refractivity contribution in [2.45, 2.75) is 38.7 Å². The molecule has 16 heavy (non-hydrogen) atoms. The molecule has 0 bridgehead atoms. The molecule has 4 heteroatoms. The molecule has 0 saturated carbocycles. The molecule has 1 rings (SSSR count). The van der Waals surface area contributed by atoms with E-state index < -0.39 is 0 Å². The first-order valence-corrected chi connectivity index (χ1v) is 6.62. The number of unbranched alkanes of at least 4 members (excludes halogenated alkanes) is 2. The molecule has 1 aliphatic rings. The van der Waals surface area contributed by atoms with Gasteiger partial charge in [0.25, 0.3) is 0 Å². The molecular weight excluding hydrogens is 226 g/mol. The summed E-state index contributed by atoms with van der Waals surface area (Å²) >= 11 is 5.61. The number of hydrogen-bond acceptors (Lipinski definition) is 2. The van der Waals surface area contributed by atoms with Crippen LogP contribution in [0.5, 0.6) is 0 Å². The van der Waals surface area contributed by atoms with E-state index in [1.54, 1.807) is 0 Å². The highest BCUT2D eigenvalue weighted by Crippen LogP contribution is 2.22. The first-order chi connectivity index (χ1) is 7.66. The van der Waals surface area contributed by atoms with Crippen LogP contribution in [0, 0.1) is 5.92 Å². The molecule has 1 fully saturated rings. The van der Waals surface area contributed by atoms with Crippen molar-refractivity contribution >= 4 is 17.5 Å². The third-order valence-electron chi connectivity index (χ3n) is 3.20. The van der Waals surface area contributed by atoms with Gasteiger partial charge in [-0.2, -0.15) is 0 Å². The van der Waals surface area contributed by atoms with Crippen LogP contribution in [0.4, 0.5) is 0 Å². The Balaban J connectivity index is 2.24. The summed E-state index contributed by atoms with van der Waals surface area (Å²) in [4.78, 5) is 13.9. The predicted molar refractivity (Wildman–Crippen MR) is 65.7 cm³/mol. The molecule has 1 heterocycles. The molecule has 0 radical (unpaired) electrons. The highest BCUT2D eigenvalue weighted by atomic mass is 35.5. The standard InChI is InChI=1S/C12H22ClNO2/c1-10-11(6-9-16-10)12(15)14(2)8-5-3-4-7-13/h10-11H,3-9H2,1-2H3. The van der Waals surface area contributed by atoms with Crippen LogP contribution in [0.3, 0.4) is 0 Å². The number of halogens is 1. The molecule has 1 amide bonds. The SMILES string of the molecule is CC1OCCC1C(=O)N(C)CCCCCCl. The van der Waals surface area contributed by atoms with Crippen LogP contribution in [0.2, 0.25) is 0 Å². The normalized spacial score (nSPS) is 24.7. The van der Waals surface area contributed by atoms with E-state index in [1.165, 1.54) is 0 Å². The highest BCUT2D eigenvalue weighted by Gasteiger charge is 2.32. The Hall–Kier alpha value is -0.280. The summed E-state index contributed by atoms with van der Waals surface area (Å²) in [5.74, 6) is 1.01. The molecule has 0 aromatic rings. The fraction of sp³-hybridized carbons (Fsp3) is 0.917. The summed E-state index contributed by atoms with van der Waals surface area (Å²) in [6, 6.07) is 0. The van der Waals surface area contributed by atoms with Crippen molar-refractivity contribution < 1.29 is 9.53 Å². The molecule has 1 saturated heterocycles. The van der Waals surface area contributed by atoms with Gasteiger partial charge in [0.2, 0.25) is 5.91 Å². The van der Waals surface area contributed by atoms with Crippen molar-refractivity contribution in [3.63, 3.8) is 0 Å². The molecule has 0 aromatic heterocycles. The Kier molecular flexibility index (Phi) is 6.14. The van der Waals surface area contributed by atoms with E-state index in [0.29, 0.717) is 5.88 Å². The molecule has 3 nitrogen and oxygen atoms in total. The molecule has 0 spiro atoms. The van der Waals surface area contributed by atoms with Gasteiger partial charge in [0.1, 0.15) is 0 Å². The number of hydrogen-bond donors (Lipinski definition) is 0. The number of nitrogens with zero attached hydrogens (tertiary/aromatic N) is 1. The van der Waals surface area contributed by atoms with Gasteiger partial charge in [-0.05, 0) is 26.2 Å². The summed E-state index contributed by atoms with van der Waals surface area (Å²) in [6.45, 7) is 3.54. The Morgan fingerprint density at radius 2 is 2.19 bits per heavy atom. The Morgan fingerprint density at radius 1 is 1.44 bits per heavy atom. The number of ether oxygens (including phenoxy) is 1. The first-order valence-electron chi connectivity index (χ1n) is 6.09. The monoisotopic (exact) mass is 247 g/mol. The summed E-state index contributed by atoms with van der Waals surface area (Å²) in [7, 11) is 1.88. The summed E-state index contributed by atoms with van der Waals surface area (Å²) < 4.78 is 5.41. The van der Waals surface area contributed by atoms with Crippen molar-refractivity contribution in [2.75, 3.05) is 26.1 Å². The van der Waals surface area contributed by atoms with E-state index in [9.17, 15) is 4.79 Å². The van der Waals surface area contributed by atoms with E-state index in [-0.39, 0.29) is 17.9 Å². The summed E-state index contributed by atoms with van der Waals surface area (Å²) in [5, 5.41) is 0. The van der Waals surface area contributed by atoms with Gasteiger partial charge in [0.05, 0.1) is 12.0 Å². The molecule has 0 aromatic carbocycles. The van der Waals surface area contributed by atoms with Gasteiger partial charge in [-0.25, -0.2) is 0 Å². The van der Waals surface area contributed by atoms with E-state index in [1.807, 2.05) is 18.9 Å². The quantitative estimate of drug-likeness (QED) is 0.532. The molecule has 2 unspecified atom stereocenters. The van der Waals surface area contributed by atoms with Gasteiger partial charge in [0.15, 0.2) is 0 Å². The van der Waals surface area contributed by atoms with Crippen LogP contribution in [-0.2, 0) is 9.53 Å². The molecule has 94 valence electrons. The lowest BCUT2D eigenvalue weighted by molar-refractivity contribution is -0.135. The minimum absolute atomic E-state index is 0.0676. The summed E-state index contributed by atoms with van der Waals surface area (Å²) in [6.07, 6.45) is 4.12. The van der Waals surface area contributed by atoms with E-state index in [2.05, 4.69) is 0 Å². The zero-order valence-electron chi connectivity index (χ0n) is 10.2.